The second-order valence-electron chi connectivity index (χ2n) is 8.27. The number of thiazole rings is 1. The Morgan fingerprint density at radius 2 is 1.75 bits per heavy atom. The zero-order valence-corrected chi connectivity index (χ0v) is 20.5. The maximum atomic E-state index is 13.7. The summed E-state index contributed by atoms with van der Waals surface area (Å²) in [5, 5.41) is 12.5. The molecular weight excluding hydrogens is 474 g/mol. The molecule has 0 saturated heterocycles. The molecule has 0 radical (unpaired) electrons. The fourth-order valence-corrected chi connectivity index (χ4v) is 5.20. The van der Waals surface area contributed by atoms with E-state index in [-0.39, 0.29) is 17.2 Å². The number of carbonyl (C=O) groups is 1. The van der Waals surface area contributed by atoms with Crippen LogP contribution in [0.2, 0.25) is 0 Å². The summed E-state index contributed by atoms with van der Waals surface area (Å²) in [6.07, 6.45) is 1.76. The summed E-state index contributed by atoms with van der Waals surface area (Å²) in [5.41, 5.74) is 2.89. The summed E-state index contributed by atoms with van der Waals surface area (Å²) in [7, 11) is 1.59. The molecule has 0 spiro atoms. The number of para-hydroxylation sites is 1. The summed E-state index contributed by atoms with van der Waals surface area (Å²) in [6.45, 7) is 1.79. The largest absolute Gasteiger partial charge is 0.508 e. The number of aromatic nitrogens is 1. The molecule has 1 aromatic heterocycles. The van der Waals surface area contributed by atoms with Crippen LogP contribution in [-0.4, -0.2) is 22.7 Å². The number of allylic oxidation sites excluding steroid dienone is 1. The zero-order chi connectivity index (χ0) is 25.2. The number of methoxy groups -OCH3 is 1. The van der Waals surface area contributed by atoms with Gasteiger partial charge in [-0.3, -0.25) is 14.2 Å². The summed E-state index contributed by atoms with van der Waals surface area (Å²) in [4.78, 5) is 32.4. The summed E-state index contributed by atoms with van der Waals surface area (Å²) in [6, 6.07) is 22.4. The minimum absolute atomic E-state index is 0.151. The van der Waals surface area contributed by atoms with Crippen LogP contribution in [0, 0.1) is 0 Å². The number of nitrogens with zero attached hydrogens (tertiary/aromatic N) is 2. The number of anilines is 1. The fourth-order valence-electron chi connectivity index (χ4n) is 4.16. The van der Waals surface area contributed by atoms with Gasteiger partial charge in [-0.05, 0) is 60.5 Å². The lowest BCUT2D eigenvalue weighted by Gasteiger charge is -2.25. The van der Waals surface area contributed by atoms with E-state index in [1.54, 1.807) is 48.9 Å². The van der Waals surface area contributed by atoms with Gasteiger partial charge in [0.05, 0.1) is 29.0 Å². The van der Waals surface area contributed by atoms with Crippen molar-refractivity contribution in [3.63, 3.8) is 0 Å². The number of phenols is 1. The summed E-state index contributed by atoms with van der Waals surface area (Å²) in [5.74, 6) is 0.503. The lowest BCUT2D eigenvalue weighted by Crippen LogP contribution is -2.40. The van der Waals surface area contributed by atoms with Crippen LogP contribution in [0.15, 0.2) is 99.9 Å². The number of hydrogen-bond acceptors (Lipinski definition) is 6. The average molecular weight is 498 g/mol. The van der Waals surface area contributed by atoms with Crippen LogP contribution in [0.3, 0.4) is 0 Å². The molecule has 3 aromatic carbocycles. The first-order chi connectivity index (χ1) is 17.4. The Morgan fingerprint density at radius 3 is 2.42 bits per heavy atom. The van der Waals surface area contributed by atoms with Crippen molar-refractivity contribution in [2.75, 3.05) is 12.4 Å². The Hall–Kier alpha value is -4.43. The molecular formula is C28H23N3O4S. The molecule has 1 amide bonds. The maximum Gasteiger partial charge on any atom is 0.271 e. The monoisotopic (exact) mass is 497 g/mol. The third-order valence-corrected chi connectivity index (χ3v) is 6.90. The van der Waals surface area contributed by atoms with Gasteiger partial charge in [0.2, 0.25) is 0 Å². The van der Waals surface area contributed by atoms with Crippen LogP contribution in [0.4, 0.5) is 5.69 Å². The summed E-state index contributed by atoms with van der Waals surface area (Å²) < 4.78 is 7.36. The van der Waals surface area contributed by atoms with Crippen molar-refractivity contribution in [1.82, 2.24) is 4.57 Å². The van der Waals surface area contributed by atoms with Crippen LogP contribution >= 0.6 is 11.3 Å². The highest BCUT2D eigenvalue weighted by Crippen LogP contribution is 2.31. The predicted octanol–water partition coefficient (Wildman–Crippen LogP) is 3.59. The van der Waals surface area contributed by atoms with E-state index in [1.165, 1.54) is 11.3 Å². The quantitative estimate of drug-likeness (QED) is 0.441. The lowest BCUT2D eigenvalue weighted by molar-refractivity contribution is -0.113. The number of aromatic hydroxyl groups is 1. The molecule has 8 heteroatoms. The van der Waals surface area contributed by atoms with E-state index in [4.69, 9.17) is 4.74 Å². The van der Waals surface area contributed by atoms with Crippen molar-refractivity contribution in [1.29, 1.82) is 0 Å². The van der Waals surface area contributed by atoms with E-state index in [2.05, 4.69) is 10.3 Å². The van der Waals surface area contributed by atoms with Crippen LogP contribution in [0.25, 0.3) is 6.08 Å². The number of carbonyl (C=O) groups excluding carboxylic acids is 1. The number of hydrogen-bond donors (Lipinski definition) is 2. The molecule has 0 saturated carbocycles. The van der Waals surface area contributed by atoms with Gasteiger partial charge in [0, 0.05) is 5.69 Å². The molecule has 7 nitrogen and oxygen atoms in total. The predicted molar refractivity (Wildman–Crippen MR) is 140 cm³/mol. The second-order valence-corrected chi connectivity index (χ2v) is 9.28. The highest BCUT2D eigenvalue weighted by Gasteiger charge is 2.32. The molecule has 36 heavy (non-hydrogen) atoms. The van der Waals surface area contributed by atoms with Gasteiger partial charge in [0.25, 0.3) is 11.5 Å². The van der Waals surface area contributed by atoms with Gasteiger partial charge in [-0.25, -0.2) is 4.99 Å². The third kappa shape index (κ3) is 4.46. The molecule has 5 rings (SSSR count). The highest BCUT2D eigenvalue weighted by molar-refractivity contribution is 7.07. The first-order valence-electron chi connectivity index (χ1n) is 11.3. The van der Waals surface area contributed by atoms with Crippen molar-refractivity contribution in [3.05, 3.63) is 121 Å². The molecule has 1 aliphatic heterocycles. The van der Waals surface area contributed by atoms with Crippen LogP contribution in [-0.2, 0) is 4.79 Å². The van der Waals surface area contributed by atoms with Gasteiger partial charge >= 0.3 is 0 Å². The molecule has 0 bridgehead atoms. The van der Waals surface area contributed by atoms with E-state index >= 15 is 0 Å². The van der Waals surface area contributed by atoms with Crippen molar-refractivity contribution in [2.24, 2.45) is 4.99 Å². The normalized spacial score (nSPS) is 15.3. The number of amides is 1. The van der Waals surface area contributed by atoms with E-state index in [0.29, 0.717) is 32.0 Å². The van der Waals surface area contributed by atoms with Gasteiger partial charge in [0.15, 0.2) is 4.80 Å². The van der Waals surface area contributed by atoms with E-state index < -0.39 is 6.04 Å². The number of fused-ring (bicyclic) bond motifs is 1. The minimum atomic E-state index is -0.669. The van der Waals surface area contributed by atoms with Gasteiger partial charge in [-0.15, -0.1) is 0 Å². The zero-order valence-electron chi connectivity index (χ0n) is 19.6. The molecule has 0 fully saturated rings. The molecule has 4 aromatic rings. The number of phenolic OH excluding ortho intramolecular Hbond substituents is 1. The lowest BCUT2D eigenvalue weighted by atomic mass is 9.95. The fraction of sp³-hybridized carbons (Fsp3) is 0.107. The van der Waals surface area contributed by atoms with Crippen molar-refractivity contribution in [2.45, 2.75) is 13.0 Å². The number of rotatable bonds is 5. The van der Waals surface area contributed by atoms with Crippen molar-refractivity contribution in [3.8, 4) is 11.5 Å². The Balaban J connectivity index is 1.67. The molecule has 0 aliphatic carbocycles. The first kappa shape index (κ1) is 23.3. The Labute approximate surface area is 211 Å². The molecule has 1 aliphatic rings. The van der Waals surface area contributed by atoms with E-state index in [0.717, 1.165) is 11.1 Å². The molecule has 1 atom stereocenters. The van der Waals surface area contributed by atoms with Crippen LogP contribution in [0.5, 0.6) is 11.5 Å². The number of ether oxygens (including phenoxy) is 1. The molecule has 2 N–H and O–H groups in total. The standard InChI is InChI=1S/C28H23N3O4S/c1-17-24(26(33)30-20-6-4-3-5-7-20)25(19-10-14-22(35-2)15-11-19)31-27(34)23(36-28(31)29-17)16-18-8-12-21(32)13-9-18/h3-16,25,32H,1-2H3,(H,30,33)/b23-16+/t25-/m0/s1. The van der Waals surface area contributed by atoms with Gasteiger partial charge in [-0.1, -0.05) is 53.8 Å². The second kappa shape index (κ2) is 9.67. The van der Waals surface area contributed by atoms with Crippen LogP contribution < -0.4 is 24.9 Å². The average Bonchev–Trinajstić information content (AvgIpc) is 3.19. The maximum absolute atomic E-state index is 13.7. The van der Waals surface area contributed by atoms with Gasteiger partial charge < -0.3 is 15.2 Å². The van der Waals surface area contributed by atoms with E-state index in [9.17, 15) is 14.7 Å². The Bertz CT molecular complexity index is 1630. The van der Waals surface area contributed by atoms with Gasteiger partial charge in [-0.2, -0.15) is 0 Å². The molecule has 180 valence electrons. The number of nitrogens with one attached hydrogen (secondary N) is 1. The van der Waals surface area contributed by atoms with E-state index in [1.807, 2.05) is 54.6 Å². The third-order valence-electron chi connectivity index (χ3n) is 5.92. The topological polar surface area (TPSA) is 92.9 Å². The molecule has 0 unspecified atom stereocenters. The highest BCUT2D eigenvalue weighted by atomic mass is 32.1. The summed E-state index contributed by atoms with van der Waals surface area (Å²) >= 11 is 1.26. The van der Waals surface area contributed by atoms with Crippen molar-refractivity contribution >= 4 is 29.0 Å². The SMILES string of the molecule is COc1ccc([C@H]2C(C(=O)Nc3ccccc3)=C(C)N=c3s/c(=C/c4ccc(O)cc4)c(=O)n32)cc1. The minimum Gasteiger partial charge on any atom is -0.508 e. The Morgan fingerprint density at radius 1 is 1.06 bits per heavy atom. The molecule has 2 heterocycles. The Kier molecular flexibility index (Phi) is 6.26. The number of benzene rings is 3. The van der Waals surface area contributed by atoms with Gasteiger partial charge in [0.1, 0.15) is 11.5 Å². The van der Waals surface area contributed by atoms with Crippen LogP contribution in [0.1, 0.15) is 24.1 Å². The smallest absolute Gasteiger partial charge is 0.271 e. The first-order valence-corrected chi connectivity index (χ1v) is 12.1. The van der Waals surface area contributed by atoms with Crippen molar-refractivity contribution < 1.29 is 14.6 Å².